The van der Waals surface area contributed by atoms with Gasteiger partial charge in [0.25, 0.3) is 0 Å². The number of hydrogen-bond acceptors (Lipinski definition) is 5. The first-order valence-corrected chi connectivity index (χ1v) is 4.95. The van der Waals surface area contributed by atoms with Crippen molar-refractivity contribution < 1.29 is 24.7 Å². The highest BCUT2D eigenvalue weighted by Crippen LogP contribution is 2.34. The molecular formula is C9H10BClNO5. The number of aromatic hydroxyl groups is 1. The smallest absolute Gasteiger partial charge is 0.535 e. The molecule has 0 aliphatic rings. The van der Waals surface area contributed by atoms with E-state index < -0.39 is 12.0 Å². The molecule has 0 saturated carbocycles. The summed E-state index contributed by atoms with van der Waals surface area (Å²) in [6, 6.07) is 1.49. The first kappa shape index (κ1) is 13.6. The summed E-state index contributed by atoms with van der Waals surface area (Å²) in [6.45, 7) is 0. The number of rotatable bonds is 5. The lowest BCUT2D eigenvalue weighted by Crippen LogP contribution is -2.32. The maximum Gasteiger partial charge on any atom is 0.569 e. The molecule has 1 aromatic rings. The third-order valence-corrected chi connectivity index (χ3v) is 2.27. The van der Waals surface area contributed by atoms with Crippen molar-refractivity contribution in [2.45, 2.75) is 12.5 Å². The highest BCUT2D eigenvalue weighted by Gasteiger charge is 2.17. The van der Waals surface area contributed by atoms with Gasteiger partial charge in [-0.05, 0) is 6.07 Å². The number of nitrogens with two attached hydrogens (primary N) is 1. The van der Waals surface area contributed by atoms with E-state index in [1.54, 1.807) is 0 Å². The number of carboxylic acid groups (broad SMARTS) is 1. The van der Waals surface area contributed by atoms with Gasteiger partial charge in [0.15, 0.2) is 5.75 Å². The van der Waals surface area contributed by atoms with Gasteiger partial charge in [-0.25, -0.2) is 0 Å². The minimum atomic E-state index is -1.19. The Morgan fingerprint density at radius 3 is 2.76 bits per heavy atom. The van der Waals surface area contributed by atoms with Crippen LogP contribution in [0.25, 0.3) is 0 Å². The van der Waals surface area contributed by atoms with Gasteiger partial charge < -0.3 is 25.6 Å². The Labute approximate surface area is 103 Å². The quantitative estimate of drug-likeness (QED) is 0.549. The fourth-order valence-electron chi connectivity index (χ4n) is 1.25. The molecule has 8 heteroatoms. The van der Waals surface area contributed by atoms with E-state index in [1.807, 2.05) is 0 Å². The molecule has 0 aromatic heterocycles. The zero-order valence-electron chi connectivity index (χ0n) is 8.63. The average Bonchev–Trinajstić information content (AvgIpc) is 2.24. The topological polar surface area (TPSA) is 113 Å². The molecule has 0 spiro atoms. The number of carbonyl (C=O) groups is 1. The van der Waals surface area contributed by atoms with Gasteiger partial charge in [0.05, 0.1) is 0 Å². The maximum atomic E-state index is 10.6. The van der Waals surface area contributed by atoms with Crippen molar-refractivity contribution in [2.75, 3.05) is 0 Å². The third-order valence-electron chi connectivity index (χ3n) is 2.06. The standard InChI is InChI=1S/C9H10BClNO5/c11-5-1-4(2-6(12)9(14)15)8(13)7(3-5)17-10-16/h1,3,6,13,16H,2,12H2,(H,14,15)/t6-/m0/s1. The molecule has 0 heterocycles. The lowest BCUT2D eigenvalue weighted by molar-refractivity contribution is -0.138. The number of halogens is 1. The zero-order chi connectivity index (χ0) is 13.0. The second kappa shape index (κ2) is 5.76. The van der Waals surface area contributed by atoms with Crippen molar-refractivity contribution in [3.05, 3.63) is 22.7 Å². The summed E-state index contributed by atoms with van der Waals surface area (Å²) in [5.41, 5.74) is 5.57. The predicted octanol–water partition coefficient (Wildman–Crippen LogP) is -0.0947. The van der Waals surface area contributed by atoms with E-state index >= 15 is 0 Å². The van der Waals surface area contributed by atoms with Crippen LogP contribution in [0.5, 0.6) is 11.5 Å². The number of phenolic OH excluding ortho intramolecular Hbond substituents is 1. The van der Waals surface area contributed by atoms with Crippen LogP contribution in [0.1, 0.15) is 5.56 Å². The molecule has 0 bridgehead atoms. The van der Waals surface area contributed by atoms with E-state index in [2.05, 4.69) is 4.65 Å². The van der Waals surface area contributed by atoms with Gasteiger partial charge in [0.2, 0.25) is 0 Å². The highest BCUT2D eigenvalue weighted by molar-refractivity contribution is 6.31. The van der Waals surface area contributed by atoms with Crippen LogP contribution in [0.4, 0.5) is 0 Å². The van der Waals surface area contributed by atoms with Crippen molar-refractivity contribution in [1.29, 1.82) is 0 Å². The van der Waals surface area contributed by atoms with E-state index in [1.165, 1.54) is 12.1 Å². The van der Waals surface area contributed by atoms with Gasteiger partial charge in [0, 0.05) is 23.1 Å². The molecular weight excluding hydrogens is 248 g/mol. The largest absolute Gasteiger partial charge is 0.569 e. The summed E-state index contributed by atoms with van der Waals surface area (Å²) in [7, 11) is 0.381. The van der Waals surface area contributed by atoms with E-state index in [0.29, 0.717) is 7.69 Å². The van der Waals surface area contributed by atoms with E-state index in [9.17, 15) is 9.90 Å². The first-order valence-electron chi connectivity index (χ1n) is 4.58. The molecule has 0 aliphatic heterocycles. The molecule has 91 valence electrons. The molecule has 0 saturated heterocycles. The third kappa shape index (κ3) is 3.52. The molecule has 1 atom stereocenters. The van der Waals surface area contributed by atoms with Crippen LogP contribution < -0.4 is 10.4 Å². The van der Waals surface area contributed by atoms with E-state index in [4.69, 9.17) is 27.5 Å². The molecule has 0 fully saturated rings. The number of phenols is 1. The van der Waals surface area contributed by atoms with Crippen LogP contribution in [0.2, 0.25) is 5.02 Å². The highest BCUT2D eigenvalue weighted by atomic mass is 35.5. The Morgan fingerprint density at radius 2 is 2.24 bits per heavy atom. The van der Waals surface area contributed by atoms with Crippen LogP contribution in [0.3, 0.4) is 0 Å². The fraction of sp³-hybridized carbons (Fsp3) is 0.222. The maximum absolute atomic E-state index is 10.6. The summed E-state index contributed by atoms with van der Waals surface area (Å²) in [5, 5.41) is 27.1. The van der Waals surface area contributed by atoms with Crippen molar-refractivity contribution in [2.24, 2.45) is 5.73 Å². The Bertz CT molecular complexity index is 428. The molecule has 1 radical (unpaired) electrons. The molecule has 6 nitrogen and oxygen atoms in total. The van der Waals surface area contributed by atoms with Crippen molar-refractivity contribution in [1.82, 2.24) is 0 Å². The van der Waals surface area contributed by atoms with Gasteiger partial charge in [-0.3, -0.25) is 4.79 Å². The van der Waals surface area contributed by atoms with Gasteiger partial charge in [-0.1, -0.05) is 11.6 Å². The first-order chi connectivity index (χ1) is 7.95. The zero-order valence-corrected chi connectivity index (χ0v) is 9.39. The summed E-state index contributed by atoms with van der Waals surface area (Å²) in [4.78, 5) is 10.6. The Balaban J connectivity index is 3.02. The normalized spacial score (nSPS) is 11.9. The van der Waals surface area contributed by atoms with E-state index in [-0.39, 0.29) is 28.5 Å². The van der Waals surface area contributed by atoms with Gasteiger partial charge in [-0.2, -0.15) is 0 Å². The fourth-order valence-corrected chi connectivity index (χ4v) is 1.49. The lowest BCUT2D eigenvalue weighted by Gasteiger charge is -2.12. The molecule has 0 aliphatic carbocycles. The molecule has 1 aromatic carbocycles. The predicted molar refractivity (Wildman–Crippen MR) is 61.0 cm³/mol. The molecule has 5 N–H and O–H groups in total. The molecule has 1 rings (SSSR count). The molecule has 0 unspecified atom stereocenters. The second-order valence-corrected chi connectivity index (χ2v) is 3.72. The summed E-state index contributed by atoms with van der Waals surface area (Å²) in [5.74, 6) is -1.58. The van der Waals surface area contributed by atoms with Crippen LogP contribution >= 0.6 is 11.6 Å². The number of aliphatic carboxylic acids is 1. The lowest BCUT2D eigenvalue weighted by atomic mass is 10.0. The van der Waals surface area contributed by atoms with Gasteiger partial charge in [0.1, 0.15) is 11.8 Å². The Kier molecular flexibility index (Phi) is 4.62. The summed E-state index contributed by atoms with van der Waals surface area (Å²) < 4.78 is 4.61. The van der Waals surface area contributed by atoms with Crippen molar-refractivity contribution >= 4 is 25.3 Å². The minimum Gasteiger partial charge on any atom is -0.535 e. The van der Waals surface area contributed by atoms with Crippen LogP contribution in [0.15, 0.2) is 12.1 Å². The van der Waals surface area contributed by atoms with Crippen LogP contribution in [0, 0.1) is 0 Å². The Morgan fingerprint density at radius 1 is 1.59 bits per heavy atom. The number of hydrogen-bond donors (Lipinski definition) is 4. The van der Waals surface area contributed by atoms with Crippen molar-refractivity contribution in [3.8, 4) is 11.5 Å². The number of carboxylic acids is 1. The van der Waals surface area contributed by atoms with Crippen LogP contribution in [-0.4, -0.2) is 34.9 Å². The molecule has 17 heavy (non-hydrogen) atoms. The second-order valence-electron chi connectivity index (χ2n) is 3.28. The summed E-state index contributed by atoms with van der Waals surface area (Å²) in [6.07, 6.45) is -0.108. The molecule has 0 amide bonds. The average molecular weight is 258 g/mol. The number of benzene rings is 1. The van der Waals surface area contributed by atoms with Crippen LogP contribution in [-0.2, 0) is 11.2 Å². The van der Waals surface area contributed by atoms with E-state index in [0.717, 1.165) is 0 Å². The Hall–Kier alpha value is -1.44. The van der Waals surface area contributed by atoms with Gasteiger partial charge >= 0.3 is 13.7 Å². The SMILES string of the molecule is N[C@@H](Cc1cc(Cl)cc(O[B]O)c1O)C(=O)O. The van der Waals surface area contributed by atoms with Gasteiger partial charge in [-0.15, -0.1) is 0 Å². The van der Waals surface area contributed by atoms with Crippen molar-refractivity contribution in [3.63, 3.8) is 0 Å². The summed E-state index contributed by atoms with van der Waals surface area (Å²) >= 11 is 5.75. The monoisotopic (exact) mass is 258 g/mol. The minimum absolute atomic E-state index is 0.0763.